The second-order valence-corrected chi connectivity index (χ2v) is 4.41. The standard InChI is InChI=1S/C14H27N3O2.HI/c1-3-18-10-4-8-16-14(15-2)17-9-5-13-6-11-19-12-7-13;/h6H,3-5,7-12H2,1-2H3,(H2,15,16,17);1H. The van der Waals surface area contributed by atoms with Gasteiger partial charge in [-0.15, -0.1) is 24.0 Å². The molecule has 0 saturated carbocycles. The third-order valence-corrected chi connectivity index (χ3v) is 2.98. The summed E-state index contributed by atoms with van der Waals surface area (Å²) in [5, 5.41) is 6.60. The average molecular weight is 397 g/mol. The van der Waals surface area contributed by atoms with Crippen LogP contribution >= 0.6 is 24.0 Å². The van der Waals surface area contributed by atoms with Crippen molar-refractivity contribution in [2.75, 3.05) is 46.6 Å². The molecule has 0 radical (unpaired) electrons. The molecule has 0 aromatic rings. The van der Waals surface area contributed by atoms with Crippen molar-refractivity contribution in [1.82, 2.24) is 10.6 Å². The van der Waals surface area contributed by atoms with E-state index in [1.165, 1.54) is 5.57 Å². The minimum absolute atomic E-state index is 0. The Labute approximate surface area is 139 Å². The highest BCUT2D eigenvalue weighted by Gasteiger charge is 2.03. The molecule has 1 heterocycles. The zero-order valence-corrected chi connectivity index (χ0v) is 14.9. The molecule has 118 valence electrons. The average Bonchev–Trinajstić information content (AvgIpc) is 2.46. The Morgan fingerprint density at radius 3 is 2.85 bits per heavy atom. The molecule has 1 rings (SSSR count). The van der Waals surface area contributed by atoms with Crippen molar-refractivity contribution in [2.45, 2.75) is 26.2 Å². The highest BCUT2D eigenvalue weighted by atomic mass is 127. The van der Waals surface area contributed by atoms with E-state index in [1.807, 2.05) is 6.92 Å². The van der Waals surface area contributed by atoms with Crippen LogP contribution in [0.2, 0.25) is 0 Å². The van der Waals surface area contributed by atoms with Gasteiger partial charge in [0, 0.05) is 33.4 Å². The Balaban J connectivity index is 0.00000361. The zero-order valence-electron chi connectivity index (χ0n) is 12.6. The van der Waals surface area contributed by atoms with Crippen LogP contribution < -0.4 is 10.6 Å². The summed E-state index contributed by atoms with van der Waals surface area (Å²) in [4.78, 5) is 4.20. The van der Waals surface area contributed by atoms with Gasteiger partial charge in [0.25, 0.3) is 0 Å². The van der Waals surface area contributed by atoms with Crippen LogP contribution in [0, 0.1) is 0 Å². The maximum Gasteiger partial charge on any atom is 0.190 e. The summed E-state index contributed by atoms with van der Waals surface area (Å²) >= 11 is 0. The number of ether oxygens (including phenoxy) is 2. The molecule has 0 spiro atoms. The molecule has 0 unspecified atom stereocenters. The zero-order chi connectivity index (χ0) is 13.8. The van der Waals surface area contributed by atoms with Gasteiger partial charge < -0.3 is 20.1 Å². The summed E-state index contributed by atoms with van der Waals surface area (Å²) in [5.41, 5.74) is 1.48. The van der Waals surface area contributed by atoms with Crippen molar-refractivity contribution in [3.05, 3.63) is 11.6 Å². The lowest BCUT2D eigenvalue weighted by molar-refractivity contribution is 0.145. The molecule has 0 aromatic carbocycles. The predicted octanol–water partition coefficient (Wildman–Crippen LogP) is 1.93. The van der Waals surface area contributed by atoms with Gasteiger partial charge in [0.1, 0.15) is 0 Å². The second-order valence-electron chi connectivity index (χ2n) is 4.41. The Bertz CT molecular complexity index is 296. The molecule has 0 saturated heterocycles. The van der Waals surface area contributed by atoms with E-state index in [1.54, 1.807) is 7.05 Å². The summed E-state index contributed by atoms with van der Waals surface area (Å²) < 4.78 is 10.6. The van der Waals surface area contributed by atoms with E-state index >= 15 is 0 Å². The van der Waals surface area contributed by atoms with Gasteiger partial charge in [0.15, 0.2) is 5.96 Å². The first kappa shape index (κ1) is 19.7. The van der Waals surface area contributed by atoms with Gasteiger partial charge in [-0.2, -0.15) is 0 Å². The van der Waals surface area contributed by atoms with Gasteiger partial charge in [-0.25, -0.2) is 0 Å². The topological polar surface area (TPSA) is 54.9 Å². The fourth-order valence-corrected chi connectivity index (χ4v) is 1.88. The van der Waals surface area contributed by atoms with Crippen molar-refractivity contribution < 1.29 is 9.47 Å². The maximum absolute atomic E-state index is 5.29. The monoisotopic (exact) mass is 397 g/mol. The number of halogens is 1. The maximum atomic E-state index is 5.29. The van der Waals surface area contributed by atoms with Crippen LogP contribution in [0.15, 0.2) is 16.6 Å². The van der Waals surface area contributed by atoms with E-state index in [4.69, 9.17) is 9.47 Å². The Hall–Kier alpha value is -0.340. The molecule has 1 aliphatic rings. The van der Waals surface area contributed by atoms with Gasteiger partial charge in [-0.05, 0) is 26.2 Å². The quantitative estimate of drug-likeness (QED) is 0.216. The van der Waals surface area contributed by atoms with E-state index < -0.39 is 0 Å². The molecule has 0 aromatic heterocycles. The van der Waals surface area contributed by atoms with E-state index in [0.29, 0.717) is 0 Å². The van der Waals surface area contributed by atoms with Crippen molar-refractivity contribution >= 4 is 29.9 Å². The molecule has 0 fully saturated rings. The third-order valence-electron chi connectivity index (χ3n) is 2.98. The summed E-state index contributed by atoms with van der Waals surface area (Å²) in [7, 11) is 1.80. The van der Waals surface area contributed by atoms with Crippen LogP contribution in [0.25, 0.3) is 0 Å². The number of guanidine groups is 1. The van der Waals surface area contributed by atoms with Gasteiger partial charge in [0.05, 0.1) is 13.2 Å². The second kappa shape index (κ2) is 13.6. The molecule has 0 atom stereocenters. The number of aliphatic imine (C=N–C) groups is 1. The van der Waals surface area contributed by atoms with Crippen LogP contribution in [0.5, 0.6) is 0 Å². The van der Waals surface area contributed by atoms with E-state index in [0.717, 1.165) is 64.7 Å². The summed E-state index contributed by atoms with van der Waals surface area (Å²) in [5.74, 6) is 0.865. The molecule has 5 nitrogen and oxygen atoms in total. The highest BCUT2D eigenvalue weighted by Crippen LogP contribution is 2.10. The Kier molecular flexibility index (Phi) is 13.4. The number of nitrogens with one attached hydrogen (secondary N) is 2. The van der Waals surface area contributed by atoms with Crippen LogP contribution in [0.1, 0.15) is 26.2 Å². The van der Waals surface area contributed by atoms with Crippen molar-refractivity contribution in [3.63, 3.8) is 0 Å². The summed E-state index contributed by atoms with van der Waals surface area (Å²) in [6.07, 6.45) is 5.30. The van der Waals surface area contributed by atoms with Crippen LogP contribution in [-0.4, -0.2) is 52.5 Å². The normalized spacial score (nSPS) is 15.3. The van der Waals surface area contributed by atoms with Gasteiger partial charge >= 0.3 is 0 Å². The van der Waals surface area contributed by atoms with E-state index in [9.17, 15) is 0 Å². The Morgan fingerprint density at radius 2 is 2.20 bits per heavy atom. The van der Waals surface area contributed by atoms with E-state index in [2.05, 4.69) is 21.7 Å². The largest absolute Gasteiger partial charge is 0.382 e. The smallest absolute Gasteiger partial charge is 0.190 e. The highest BCUT2D eigenvalue weighted by molar-refractivity contribution is 14.0. The first-order chi connectivity index (χ1) is 9.36. The van der Waals surface area contributed by atoms with Crippen molar-refractivity contribution in [1.29, 1.82) is 0 Å². The minimum atomic E-state index is 0. The van der Waals surface area contributed by atoms with E-state index in [-0.39, 0.29) is 24.0 Å². The fraction of sp³-hybridized carbons (Fsp3) is 0.786. The molecular formula is C14H28IN3O2. The number of rotatable bonds is 8. The van der Waals surface area contributed by atoms with Crippen LogP contribution in [-0.2, 0) is 9.47 Å². The van der Waals surface area contributed by atoms with Gasteiger partial charge in [-0.3, -0.25) is 4.99 Å². The molecule has 1 aliphatic heterocycles. The molecule has 0 bridgehead atoms. The fourth-order valence-electron chi connectivity index (χ4n) is 1.88. The van der Waals surface area contributed by atoms with Crippen molar-refractivity contribution in [2.24, 2.45) is 4.99 Å². The molecule has 20 heavy (non-hydrogen) atoms. The summed E-state index contributed by atoms with van der Waals surface area (Å²) in [6, 6.07) is 0. The third kappa shape index (κ3) is 9.55. The van der Waals surface area contributed by atoms with Gasteiger partial charge in [-0.1, -0.05) is 11.6 Å². The lowest BCUT2D eigenvalue weighted by Crippen LogP contribution is -2.38. The molecule has 0 aliphatic carbocycles. The first-order valence-corrected chi connectivity index (χ1v) is 7.14. The Morgan fingerprint density at radius 1 is 1.40 bits per heavy atom. The first-order valence-electron chi connectivity index (χ1n) is 7.14. The molecule has 2 N–H and O–H groups in total. The predicted molar refractivity (Wildman–Crippen MR) is 94.0 cm³/mol. The van der Waals surface area contributed by atoms with Crippen LogP contribution in [0.4, 0.5) is 0 Å². The molecule has 0 amide bonds. The molecular weight excluding hydrogens is 369 g/mol. The number of hydrogen-bond acceptors (Lipinski definition) is 3. The lowest BCUT2D eigenvalue weighted by Gasteiger charge is -2.15. The minimum Gasteiger partial charge on any atom is -0.382 e. The lowest BCUT2D eigenvalue weighted by atomic mass is 10.1. The van der Waals surface area contributed by atoms with Gasteiger partial charge in [0.2, 0.25) is 0 Å². The number of hydrogen-bond donors (Lipinski definition) is 2. The SMILES string of the molecule is CCOCCCNC(=NC)NCCC1=CCOCC1.I. The molecule has 6 heteroatoms. The summed E-state index contributed by atoms with van der Waals surface area (Å²) in [6.45, 7) is 7.02. The number of nitrogens with zero attached hydrogens (tertiary/aromatic N) is 1. The van der Waals surface area contributed by atoms with Crippen LogP contribution in [0.3, 0.4) is 0 Å². The van der Waals surface area contributed by atoms with Crippen molar-refractivity contribution in [3.8, 4) is 0 Å².